The van der Waals surface area contributed by atoms with Crippen molar-refractivity contribution >= 4 is 17.5 Å². The Balaban J connectivity index is 2.17. The minimum atomic E-state index is -0.281. The van der Waals surface area contributed by atoms with Crippen molar-refractivity contribution in [1.29, 1.82) is 0 Å². The van der Waals surface area contributed by atoms with Gasteiger partial charge in [0.2, 0.25) is 0 Å². The fourth-order valence-corrected chi connectivity index (χ4v) is 1.89. The van der Waals surface area contributed by atoms with Crippen LogP contribution in [-0.4, -0.2) is 27.9 Å². The molecule has 1 aromatic heterocycles. The van der Waals surface area contributed by atoms with Crippen LogP contribution in [0.15, 0.2) is 42.7 Å². The molecule has 2 rings (SSSR count). The number of carbonyl (C=O) groups is 1. The van der Waals surface area contributed by atoms with Gasteiger partial charge in [-0.05, 0) is 35.9 Å². The summed E-state index contributed by atoms with van der Waals surface area (Å²) in [6, 6.07) is 8.08. The number of rotatable bonds is 3. The van der Waals surface area contributed by atoms with Crippen molar-refractivity contribution in [2.45, 2.75) is 6.54 Å². The van der Waals surface area contributed by atoms with Gasteiger partial charge in [-0.1, -0.05) is 11.6 Å². The highest BCUT2D eigenvalue weighted by molar-refractivity contribution is 6.31. The summed E-state index contributed by atoms with van der Waals surface area (Å²) in [6.07, 6.45) is 3.34. The maximum Gasteiger partial charge on any atom is 0.257 e. The third-order valence-corrected chi connectivity index (χ3v) is 2.94. The predicted molar refractivity (Wildman–Crippen MR) is 73.2 cm³/mol. The van der Waals surface area contributed by atoms with Gasteiger partial charge in [-0.15, -0.1) is 0 Å². The van der Waals surface area contributed by atoms with Gasteiger partial charge in [0.05, 0.1) is 5.56 Å². The van der Waals surface area contributed by atoms with Gasteiger partial charge >= 0.3 is 0 Å². The Labute approximate surface area is 116 Å². The number of amides is 1. The van der Waals surface area contributed by atoms with Crippen molar-refractivity contribution < 1.29 is 9.90 Å². The molecule has 0 aliphatic rings. The van der Waals surface area contributed by atoms with Gasteiger partial charge in [0.1, 0.15) is 5.75 Å². The SMILES string of the molecule is CN(Cc1ccncc1)C(=O)c1cc(Cl)ccc1O. The van der Waals surface area contributed by atoms with Crippen LogP contribution in [-0.2, 0) is 6.54 Å². The van der Waals surface area contributed by atoms with E-state index in [2.05, 4.69) is 4.98 Å². The number of benzene rings is 1. The Kier molecular flexibility index (Phi) is 4.02. The van der Waals surface area contributed by atoms with E-state index in [0.717, 1.165) is 5.56 Å². The highest BCUT2D eigenvalue weighted by Gasteiger charge is 2.16. The van der Waals surface area contributed by atoms with Gasteiger partial charge in [0.15, 0.2) is 0 Å². The Morgan fingerprint density at radius 2 is 2.00 bits per heavy atom. The fourth-order valence-electron chi connectivity index (χ4n) is 1.72. The molecule has 0 fully saturated rings. The van der Waals surface area contributed by atoms with E-state index in [1.54, 1.807) is 19.4 Å². The quantitative estimate of drug-likeness (QED) is 0.938. The molecule has 1 aromatic carbocycles. The summed E-state index contributed by atoms with van der Waals surface area (Å²) < 4.78 is 0. The molecule has 1 N–H and O–H groups in total. The first-order valence-electron chi connectivity index (χ1n) is 5.71. The highest BCUT2D eigenvalue weighted by Crippen LogP contribution is 2.23. The smallest absolute Gasteiger partial charge is 0.257 e. The van der Waals surface area contributed by atoms with E-state index in [1.165, 1.54) is 23.1 Å². The second-order valence-corrected chi connectivity index (χ2v) is 4.61. The first-order valence-corrected chi connectivity index (χ1v) is 6.08. The van der Waals surface area contributed by atoms with Gasteiger partial charge in [-0.25, -0.2) is 0 Å². The third-order valence-electron chi connectivity index (χ3n) is 2.70. The van der Waals surface area contributed by atoms with E-state index >= 15 is 0 Å². The minimum absolute atomic E-state index is 0.0732. The zero-order chi connectivity index (χ0) is 13.8. The van der Waals surface area contributed by atoms with E-state index in [1.807, 2.05) is 12.1 Å². The van der Waals surface area contributed by atoms with Crippen molar-refractivity contribution in [2.75, 3.05) is 7.05 Å². The summed E-state index contributed by atoms with van der Waals surface area (Å²) in [5.74, 6) is -0.354. The zero-order valence-electron chi connectivity index (χ0n) is 10.4. The van der Waals surface area contributed by atoms with Crippen LogP contribution in [0.1, 0.15) is 15.9 Å². The molecule has 0 aliphatic carbocycles. The number of phenolic OH excluding ortho intramolecular Hbond substituents is 1. The molecule has 4 nitrogen and oxygen atoms in total. The van der Waals surface area contributed by atoms with Crippen LogP contribution in [0.3, 0.4) is 0 Å². The molecular weight excluding hydrogens is 264 g/mol. The molecular formula is C14H13ClN2O2. The first-order chi connectivity index (χ1) is 9.08. The van der Waals surface area contributed by atoms with E-state index in [4.69, 9.17) is 11.6 Å². The molecule has 0 saturated carbocycles. The number of halogens is 1. The molecule has 0 bridgehead atoms. The number of nitrogens with zero attached hydrogens (tertiary/aromatic N) is 2. The molecule has 0 radical (unpaired) electrons. The van der Waals surface area contributed by atoms with Crippen LogP contribution in [0.5, 0.6) is 5.75 Å². The summed E-state index contributed by atoms with van der Waals surface area (Å²) in [5, 5.41) is 10.1. The molecule has 2 aromatic rings. The number of hydrogen-bond donors (Lipinski definition) is 1. The highest BCUT2D eigenvalue weighted by atomic mass is 35.5. The Morgan fingerprint density at radius 1 is 1.32 bits per heavy atom. The van der Waals surface area contributed by atoms with Gasteiger partial charge in [0.25, 0.3) is 5.91 Å². The molecule has 0 spiro atoms. The zero-order valence-corrected chi connectivity index (χ0v) is 11.1. The lowest BCUT2D eigenvalue weighted by molar-refractivity contribution is 0.0782. The van der Waals surface area contributed by atoms with Crippen LogP contribution >= 0.6 is 11.6 Å². The average molecular weight is 277 g/mol. The van der Waals surface area contributed by atoms with E-state index in [0.29, 0.717) is 11.6 Å². The lowest BCUT2D eigenvalue weighted by Crippen LogP contribution is -2.26. The molecule has 0 unspecified atom stereocenters. The maximum atomic E-state index is 12.2. The Hall–Kier alpha value is -2.07. The van der Waals surface area contributed by atoms with Gasteiger partial charge in [0, 0.05) is 31.0 Å². The maximum absolute atomic E-state index is 12.2. The monoisotopic (exact) mass is 276 g/mol. The third kappa shape index (κ3) is 3.23. The molecule has 0 atom stereocenters. The van der Waals surface area contributed by atoms with Crippen LogP contribution in [0.25, 0.3) is 0 Å². The number of hydrogen-bond acceptors (Lipinski definition) is 3. The number of aromatic hydroxyl groups is 1. The first kappa shape index (κ1) is 13.4. The molecule has 98 valence electrons. The van der Waals surface area contributed by atoms with Gasteiger partial charge in [-0.3, -0.25) is 9.78 Å². The molecule has 1 heterocycles. The van der Waals surface area contributed by atoms with E-state index < -0.39 is 0 Å². The van der Waals surface area contributed by atoms with Crippen molar-refractivity contribution in [3.8, 4) is 5.75 Å². The number of aromatic nitrogens is 1. The van der Waals surface area contributed by atoms with Crippen molar-refractivity contribution in [3.05, 3.63) is 58.9 Å². The van der Waals surface area contributed by atoms with Gasteiger partial charge in [-0.2, -0.15) is 0 Å². The van der Waals surface area contributed by atoms with Crippen molar-refractivity contribution in [1.82, 2.24) is 9.88 Å². The van der Waals surface area contributed by atoms with Crippen molar-refractivity contribution in [2.24, 2.45) is 0 Å². The summed E-state index contributed by atoms with van der Waals surface area (Å²) in [5.41, 5.74) is 1.16. The summed E-state index contributed by atoms with van der Waals surface area (Å²) in [7, 11) is 1.67. The second-order valence-electron chi connectivity index (χ2n) is 4.18. The fraction of sp³-hybridized carbons (Fsp3) is 0.143. The van der Waals surface area contributed by atoms with E-state index in [-0.39, 0.29) is 17.2 Å². The van der Waals surface area contributed by atoms with Crippen LogP contribution in [0.2, 0.25) is 5.02 Å². The molecule has 0 saturated heterocycles. The Morgan fingerprint density at radius 3 is 2.68 bits per heavy atom. The van der Waals surface area contributed by atoms with Crippen LogP contribution < -0.4 is 0 Å². The summed E-state index contributed by atoms with van der Waals surface area (Å²) in [4.78, 5) is 17.6. The molecule has 19 heavy (non-hydrogen) atoms. The molecule has 0 aliphatic heterocycles. The number of phenols is 1. The molecule has 5 heteroatoms. The summed E-state index contributed by atoms with van der Waals surface area (Å²) >= 11 is 5.84. The van der Waals surface area contributed by atoms with Gasteiger partial charge < -0.3 is 10.0 Å². The molecule has 1 amide bonds. The lowest BCUT2D eigenvalue weighted by atomic mass is 10.1. The normalized spacial score (nSPS) is 10.2. The number of carbonyl (C=O) groups excluding carboxylic acids is 1. The van der Waals surface area contributed by atoms with E-state index in [9.17, 15) is 9.90 Å². The van der Waals surface area contributed by atoms with Crippen molar-refractivity contribution in [3.63, 3.8) is 0 Å². The minimum Gasteiger partial charge on any atom is -0.507 e. The topological polar surface area (TPSA) is 53.4 Å². The largest absolute Gasteiger partial charge is 0.507 e. The second kappa shape index (κ2) is 5.71. The Bertz CT molecular complexity index is 587. The summed E-state index contributed by atoms with van der Waals surface area (Å²) in [6.45, 7) is 0.438. The average Bonchev–Trinajstić information content (AvgIpc) is 2.42. The van der Waals surface area contributed by atoms with Crippen LogP contribution in [0.4, 0.5) is 0 Å². The predicted octanol–water partition coefficient (Wildman–Crippen LogP) is 2.71. The lowest BCUT2D eigenvalue weighted by Gasteiger charge is -2.18. The van der Waals surface area contributed by atoms with Crippen LogP contribution in [0, 0.1) is 0 Å². The standard InChI is InChI=1S/C14H13ClN2O2/c1-17(9-10-4-6-16-7-5-10)14(19)12-8-11(15)2-3-13(12)18/h2-8,18H,9H2,1H3. The number of pyridine rings is 1.